The van der Waals surface area contributed by atoms with Gasteiger partial charge >= 0.3 is 17.9 Å². The summed E-state index contributed by atoms with van der Waals surface area (Å²) in [7, 11) is 5.99. The number of quaternary nitrogens is 1. The number of carbonyl (C=O) groups excluding carboxylic acids is 2. The molecule has 87 heavy (non-hydrogen) atoms. The lowest BCUT2D eigenvalue weighted by atomic mass is 10.0. The van der Waals surface area contributed by atoms with E-state index in [2.05, 4.69) is 74.6 Å². The third-order valence-electron chi connectivity index (χ3n) is 16.8. The molecule has 0 aromatic rings. The number of rotatable bonds is 70. The van der Waals surface area contributed by atoms with Gasteiger partial charge in [-0.2, -0.15) is 0 Å². The molecule has 2 unspecified atom stereocenters. The Hall–Kier alpha value is -3.01. The van der Waals surface area contributed by atoms with Gasteiger partial charge in [0.25, 0.3) is 6.29 Å². The second kappa shape index (κ2) is 68.9. The van der Waals surface area contributed by atoms with Gasteiger partial charge in [-0.15, -0.1) is 0 Å². The average Bonchev–Trinajstić information content (AvgIpc) is 3.56. The van der Waals surface area contributed by atoms with Crippen LogP contribution in [0, 0.1) is 0 Å². The van der Waals surface area contributed by atoms with Crippen LogP contribution in [0.3, 0.4) is 0 Å². The SMILES string of the molecule is CC/C=C\C/C=C\C/C=C\C/C=C\C/C=C\CCCCCCCCCCCCCCCCCCCCCC(=O)OC(COC(=O)CCCCCCCCCCCCCCCCCCCCCCCCCCCCC)COC(OCC[N+](C)(C)C)C(=O)O. The minimum atomic E-state index is -1.51. The number of unbranched alkanes of at least 4 members (excludes halogenated alkanes) is 45. The summed E-state index contributed by atoms with van der Waals surface area (Å²) >= 11 is 0. The predicted octanol–water partition coefficient (Wildman–Crippen LogP) is 23.5. The van der Waals surface area contributed by atoms with Crippen molar-refractivity contribution in [3.05, 3.63) is 60.8 Å². The zero-order valence-electron chi connectivity index (χ0n) is 58.2. The van der Waals surface area contributed by atoms with Gasteiger partial charge in [-0.1, -0.05) is 351 Å². The zero-order chi connectivity index (χ0) is 63.3. The van der Waals surface area contributed by atoms with Gasteiger partial charge in [0, 0.05) is 12.8 Å². The van der Waals surface area contributed by atoms with Crippen LogP contribution in [0.4, 0.5) is 0 Å². The van der Waals surface area contributed by atoms with Gasteiger partial charge in [0.1, 0.15) is 13.2 Å². The molecular weight excluding hydrogens is 1080 g/mol. The lowest BCUT2D eigenvalue weighted by Crippen LogP contribution is -2.40. The van der Waals surface area contributed by atoms with E-state index in [-0.39, 0.29) is 38.2 Å². The monoisotopic (exact) mass is 1220 g/mol. The maximum Gasteiger partial charge on any atom is 0.361 e. The number of carbonyl (C=O) groups is 3. The number of hydrogen-bond acceptors (Lipinski definition) is 7. The first-order valence-corrected chi connectivity index (χ1v) is 37.5. The van der Waals surface area contributed by atoms with E-state index in [4.69, 9.17) is 18.9 Å². The first kappa shape index (κ1) is 84.0. The van der Waals surface area contributed by atoms with Crippen molar-refractivity contribution in [1.29, 1.82) is 0 Å². The summed E-state index contributed by atoms with van der Waals surface area (Å²) in [4.78, 5) is 37.7. The topological polar surface area (TPSA) is 108 Å². The molecule has 9 heteroatoms. The van der Waals surface area contributed by atoms with E-state index < -0.39 is 18.4 Å². The van der Waals surface area contributed by atoms with Crippen molar-refractivity contribution < 1.29 is 42.9 Å². The summed E-state index contributed by atoms with van der Waals surface area (Å²) in [6.45, 7) is 4.83. The molecule has 2 atom stereocenters. The van der Waals surface area contributed by atoms with Crippen molar-refractivity contribution in [2.45, 2.75) is 373 Å². The second-order valence-corrected chi connectivity index (χ2v) is 26.6. The highest BCUT2D eigenvalue weighted by atomic mass is 16.7. The van der Waals surface area contributed by atoms with Crippen LogP contribution in [0.15, 0.2) is 60.8 Å². The standard InChI is InChI=1S/C78H143NO8/c1-6-8-10-12-14-16-18-20-22-24-26-28-30-32-34-35-36-37-38-39-40-41-43-45-47-49-51-53-55-57-59-61-63-65-67-69-76(81)87-74(73-86-78(77(82)83)84-71-70-79(3,4)5)72-85-75(80)68-66-64-62-60-58-56-54-52-50-48-46-44-42-33-31-29-27-25-23-21-19-17-15-13-11-9-7-2/h8,10,14,16,20,22,26,28,32,34,74,78H,6-7,9,11-13,15,17-19,21,23-25,27,29-31,33,35-73H2,1-5H3/p+1/b10-8-,16-14-,22-20-,28-26-,34-32-. The molecule has 0 bridgehead atoms. The van der Waals surface area contributed by atoms with Crippen molar-refractivity contribution in [2.24, 2.45) is 0 Å². The molecule has 0 aromatic carbocycles. The Morgan fingerprint density at radius 1 is 0.356 bits per heavy atom. The van der Waals surface area contributed by atoms with Crippen molar-refractivity contribution in [2.75, 3.05) is 47.5 Å². The van der Waals surface area contributed by atoms with Crippen LogP contribution in [-0.4, -0.2) is 87.4 Å². The Morgan fingerprint density at radius 2 is 0.655 bits per heavy atom. The molecule has 0 spiro atoms. The molecule has 0 amide bonds. The van der Waals surface area contributed by atoms with Gasteiger partial charge in [0.05, 0.1) is 34.4 Å². The lowest BCUT2D eigenvalue weighted by Gasteiger charge is -2.25. The number of ether oxygens (including phenoxy) is 4. The van der Waals surface area contributed by atoms with Crippen LogP contribution in [0.25, 0.3) is 0 Å². The third kappa shape index (κ3) is 70.3. The van der Waals surface area contributed by atoms with E-state index in [0.29, 0.717) is 17.4 Å². The van der Waals surface area contributed by atoms with Gasteiger partial charge < -0.3 is 28.5 Å². The fraction of sp³-hybridized carbons (Fsp3) is 0.833. The Balaban J connectivity index is 4.02. The summed E-state index contributed by atoms with van der Waals surface area (Å²) in [6, 6.07) is 0. The fourth-order valence-corrected chi connectivity index (χ4v) is 11.1. The smallest absolute Gasteiger partial charge is 0.361 e. The number of likely N-dealkylation sites (N-methyl/N-ethyl adjacent to an activating group) is 1. The highest BCUT2D eigenvalue weighted by molar-refractivity contribution is 5.71. The lowest BCUT2D eigenvalue weighted by molar-refractivity contribution is -0.870. The molecule has 0 heterocycles. The van der Waals surface area contributed by atoms with E-state index >= 15 is 0 Å². The minimum Gasteiger partial charge on any atom is -0.477 e. The summed E-state index contributed by atoms with van der Waals surface area (Å²) in [5.41, 5.74) is 0. The maximum atomic E-state index is 13.0. The van der Waals surface area contributed by atoms with E-state index in [0.717, 1.165) is 70.6 Å². The largest absolute Gasteiger partial charge is 0.477 e. The van der Waals surface area contributed by atoms with E-state index in [1.807, 2.05) is 21.1 Å². The molecule has 0 aromatic heterocycles. The number of nitrogens with zero attached hydrogens (tertiary/aromatic N) is 1. The number of carboxylic acid groups (broad SMARTS) is 1. The van der Waals surface area contributed by atoms with Crippen molar-refractivity contribution >= 4 is 17.9 Å². The second-order valence-electron chi connectivity index (χ2n) is 26.6. The first-order chi connectivity index (χ1) is 42.6. The van der Waals surface area contributed by atoms with Gasteiger partial charge in [0.15, 0.2) is 6.10 Å². The maximum absolute atomic E-state index is 13.0. The Bertz CT molecular complexity index is 1610. The quantitative estimate of drug-likeness (QED) is 0.0211. The van der Waals surface area contributed by atoms with Crippen LogP contribution < -0.4 is 0 Å². The summed E-state index contributed by atoms with van der Waals surface area (Å²) in [6.07, 6.45) is 87.8. The van der Waals surface area contributed by atoms with Gasteiger partial charge in [-0.05, 0) is 57.8 Å². The molecule has 1 N–H and O–H groups in total. The van der Waals surface area contributed by atoms with Crippen LogP contribution in [0.1, 0.15) is 361 Å². The van der Waals surface area contributed by atoms with Crippen LogP contribution >= 0.6 is 0 Å². The number of allylic oxidation sites excluding steroid dienone is 10. The number of esters is 2. The van der Waals surface area contributed by atoms with Crippen LogP contribution in [0.5, 0.6) is 0 Å². The fourth-order valence-electron chi connectivity index (χ4n) is 11.1. The van der Waals surface area contributed by atoms with Crippen LogP contribution in [0.2, 0.25) is 0 Å². The highest BCUT2D eigenvalue weighted by Gasteiger charge is 2.25. The molecule has 0 aliphatic rings. The molecule has 508 valence electrons. The Morgan fingerprint density at radius 3 is 0.977 bits per heavy atom. The average molecular weight is 1220 g/mol. The van der Waals surface area contributed by atoms with Crippen molar-refractivity contribution in [3.63, 3.8) is 0 Å². The van der Waals surface area contributed by atoms with Gasteiger partial charge in [-0.3, -0.25) is 9.59 Å². The summed E-state index contributed by atoms with van der Waals surface area (Å²) in [5.74, 6) is -1.98. The zero-order valence-corrected chi connectivity index (χ0v) is 58.2. The highest BCUT2D eigenvalue weighted by Crippen LogP contribution is 2.19. The molecule has 0 radical (unpaired) electrons. The van der Waals surface area contributed by atoms with E-state index in [1.165, 1.54) is 263 Å². The number of carboxylic acids is 1. The van der Waals surface area contributed by atoms with Crippen LogP contribution in [-0.2, 0) is 33.3 Å². The molecule has 0 saturated carbocycles. The summed E-state index contributed by atoms with van der Waals surface area (Å²) in [5, 5.41) is 9.76. The molecule has 0 rings (SSSR count). The number of aliphatic carboxylic acids is 1. The third-order valence-corrected chi connectivity index (χ3v) is 16.8. The Kier molecular flexibility index (Phi) is 66.5. The minimum absolute atomic E-state index is 0.177. The molecule has 0 aliphatic heterocycles. The predicted molar refractivity (Wildman–Crippen MR) is 373 cm³/mol. The summed E-state index contributed by atoms with van der Waals surface area (Å²) < 4.78 is 23.0. The normalized spacial score (nSPS) is 13.0. The molecular formula is C78H144NO8+. The van der Waals surface area contributed by atoms with Crippen molar-refractivity contribution in [1.82, 2.24) is 0 Å². The van der Waals surface area contributed by atoms with Crippen molar-refractivity contribution in [3.8, 4) is 0 Å². The molecule has 9 nitrogen and oxygen atoms in total. The van der Waals surface area contributed by atoms with Gasteiger partial charge in [0.2, 0.25) is 0 Å². The van der Waals surface area contributed by atoms with E-state index in [9.17, 15) is 19.5 Å². The van der Waals surface area contributed by atoms with E-state index in [1.54, 1.807) is 0 Å². The number of hydrogen-bond donors (Lipinski definition) is 1. The first-order valence-electron chi connectivity index (χ1n) is 37.5. The molecule has 0 aliphatic carbocycles. The van der Waals surface area contributed by atoms with Gasteiger partial charge in [-0.25, -0.2) is 4.79 Å². The Labute approximate surface area is 539 Å². The molecule has 0 fully saturated rings. The molecule has 0 saturated heterocycles.